The van der Waals surface area contributed by atoms with Gasteiger partial charge >= 0.3 is 0 Å². The quantitative estimate of drug-likeness (QED) is 0.173. The SMILES string of the molecule is c1ccc(-c2nc3ccc4oc5c6ccccc6c(-c6nc(-c7ccc(-n8c9ccccc9c9ccccc98)cc7)nc(-c7ccc8ccccc8c7)n6)cc5c4c3o2)cc1. The summed E-state index contributed by atoms with van der Waals surface area (Å²) in [6.07, 6.45) is 0. The van der Waals surface area contributed by atoms with Gasteiger partial charge in [-0.15, -0.1) is 0 Å². The Morgan fingerprint density at radius 1 is 0.377 bits per heavy atom. The number of para-hydroxylation sites is 2. The second-order valence-electron chi connectivity index (χ2n) is 15.4. The van der Waals surface area contributed by atoms with Gasteiger partial charge in [0.05, 0.1) is 16.4 Å². The van der Waals surface area contributed by atoms with Crippen LogP contribution in [0.5, 0.6) is 0 Å². The molecule has 0 N–H and O–H groups in total. The molecule has 0 spiro atoms. The summed E-state index contributed by atoms with van der Waals surface area (Å²) in [4.78, 5) is 20.6. The van der Waals surface area contributed by atoms with E-state index in [4.69, 9.17) is 28.8 Å². The van der Waals surface area contributed by atoms with Crippen LogP contribution >= 0.6 is 0 Å². The Balaban J connectivity index is 1.03. The zero-order valence-electron chi connectivity index (χ0n) is 32.5. The van der Waals surface area contributed by atoms with Gasteiger partial charge in [0.15, 0.2) is 23.1 Å². The molecule has 9 aromatic carbocycles. The monoisotopic (exact) mass is 781 g/mol. The van der Waals surface area contributed by atoms with Crippen molar-refractivity contribution >= 4 is 76.4 Å². The minimum Gasteiger partial charge on any atom is -0.455 e. The first-order valence-corrected chi connectivity index (χ1v) is 20.3. The fraction of sp³-hybridized carbons (Fsp3) is 0. The van der Waals surface area contributed by atoms with E-state index in [9.17, 15) is 0 Å². The van der Waals surface area contributed by atoms with Crippen LogP contribution in [-0.2, 0) is 0 Å². The molecule has 0 saturated carbocycles. The number of furan rings is 1. The Morgan fingerprint density at radius 2 is 1.00 bits per heavy atom. The fourth-order valence-corrected chi connectivity index (χ4v) is 9.00. The molecule has 0 fully saturated rings. The first-order valence-electron chi connectivity index (χ1n) is 20.3. The molecule has 7 heteroatoms. The summed E-state index contributed by atoms with van der Waals surface area (Å²) in [6, 6.07) is 64.7. The van der Waals surface area contributed by atoms with Gasteiger partial charge in [-0.3, -0.25) is 0 Å². The van der Waals surface area contributed by atoms with E-state index in [1.165, 1.54) is 10.8 Å². The molecule has 0 aliphatic carbocycles. The number of oxazole rings is 1. The fourth-order valence-electron chi connectivity index (χ4n) is 9.00. The van der Waals surface area contributed by atoms with Crippen molar-refractivity contribution < 1.29 is 8.83 Å². The molecular formula is C54H31N5O2. The number of rotatable bonds is 5. The highest BCUT2D eigenvalue weighted by Gasteiger charge is 2.22. The summed E-state index contributed by atoms with van der Waals surface area (Å²) >= 11 is 0. The highest BCUT2D eigenvalue weighted by molar-refractivity contribution is 6.24. The van der Waals surface area contributed by atoms with E-state index in [-0.39, 0.29) is 0 Å². The van der Waals surface area contributed by atoms with Crippen molar-refractivity contribution in [2.24, 2.45) is 0 Å². The summed E-state index contributed by atoms with van der Waals surface area (Å²) < 4.78 is 15.5. The maximum atomic E-state index is 6.66. The van der Waals surface area contributed by atoms with Gasteiger partial charge in [-0.1, -0.05) is 115 Å². The predicted molar refractivity (Wildman–Crippen MR) is 246 cm³/mol. The lowest BCUT2D eigenvalue weighted by molar-refractivity contribution is 0.622. The standard InChI is InChI=1S/C54H31N5O2/c1-2-13-34(14-3-1)54-55-44-28-29-47-48(50(44)61-54)43-31-42(38-16-6-7-19-41(38)49(43)60-47)53-57-51(56-52(58-53)36-23-22-32-12-4-5-15-35(32)30-36)33-24-26-37(27-25-33)59-45-20-10-8-17-39(45)40-18-9-11-21-46(40)59/h1-31H. The molecule has 4 heterocycles. The average molecular weight is 782 g/mol. The molecule has 7 nitrogen and oxygen atoms in total. The molecule has 0 bridgehead atoms. The van der Waals surface area contributed by atoms with Crippen molar-refractivity contribution in [1.82, 2.24) is 24.5 Å². The smallest absolute Gasteiger partial charge is 0.227 e. The lowest BCUT2D eigenvalue weighted by Crippen LogP contribution is -2.01. The molecule has 0 radical (unpaired) electrons. The third-order valence-corrected chi connectivity index (χ3v) is 11.9. The number of fused-ring (bicyclic) bond motifs is 11. The average Bonchev–Trinajstić information content (AvgIpc) is 4.04. The van der Waals surface area contributed by atoms with Crippen LogP contribution in [0.4, 0.5) is 0 Å². The summed E-state index contributed by atoms with van der Waals surface area (Å²) in [7, 11) is 0. The van der Waals surface area contributed by atoms with Crippen molar-refractivity contribution in [2.45, 2.75) is 0 Å². The number of aromatic nitrogens is 5. The van der Waals surface area contributed by atoms with Crippen molar-refractivity contribution in [3.05, 3.63) is 188 Å². The lowest BCUT2D eigenvalue weighted by Gasteiger charge is -2.12. The third kappa shape index (κ3) is 5.24. The van der Waals surface area contributed by atoms with Crippen LogP contribution in [0.2, 0.25) is 0 Å². The second kappa shape index (κ2) is 13.0. The van der Waals surface area contributed by atoms with Crippen LogP contribution in [0, 0.1) is 0 Å². The molecule has 13 rings (SSSR count). The van der Waals surface area contributed by atoms with E-state index >= 15 is 0 Å². The Kier molecular flexibility index (Phi) is 7.17. The number of hydrogen-bond donors (Lipinski definition) is 0. The lowest BCUT2D eigenvalue weighted by atomic mass is 9.99. The van der Waals surface area contributed by atoms with Gasteiger partial charge in [0.25, 0.3) is 0 Å². The number of nitrogens with zero attached hydrogens (tertiary/aromatic N) is 5. The van der Waals surface area contributed by atoms with Crippen molar-refractivity contribution in [2.75, 3.05) is 0 Å². The van der Waals surface area contributed by atoms with E-state index in [1.807, 2.05) is 54.6 Å². The Hall–Kier alpha value is -8.42. The molecule has 0 saturated heterocycles. The first kappa shape index (κ1) is 33.5. The van der Waals surface area contributed by atoms with Gasteiger partial charge in [-0.2, -0.15) is 0 Å². The molecule has 0 amide bonds. The van der Waals surface area contributed by atoms with E-state index in [1.54, 1.807) is 0 Å². The minimum absolute atomic E-state index is 0.557. The Bertz CT molecular complexity index is 3830. The molecule has 0 aliphatic heterocycles. The van der Waals surface area contributed by atoms with E-state index in [2.05, 4.69) is 138 Å². The summed E-state index contributed by atoms with van der Waals surface area (Å²) in [6.45, 7) is 0. The van der Waals surface area contributed by atoms with Crippen LogP contribution in [-0.4, -0.2) is 24.5 Å². The predicted octanol–water partition coefficient (Wildman–Crippen LogP) is 14.0. The highest BCUT2D eigenvalue weighted by Crippen LogP contribution is 2.43. The minimum atomic E-state index is 0.557. The van der Waals surface area contributed by atoms with Crippen molar-refractivity contribution in [3.63, 3.8) is 0 Å². The number of benzene rings is 9. The van der Waals surface area contributed by atoms with Gasteiger partial charge in [0, 0.05) is 49.5 Å². The van der Waals surface area contributed by atoms with E-state index in [0.717, 1.165) is 88.0 Å². The second-order valence-corrected chi connectivity index (χ2v) is 15.4. The van der Waals surface area contributed by atoms with Crippen LogP contribution in [0.15, 0.2) is 197 Å². The topological polar surface area (TPSA) is 82.8 Å². The van der Waals surface area contributed by atoms with Gasteiger partial charge in [-0.05, 0) is 89.0 Å². The van der Waals surface area contributed by atoms with Crippen LogP contribution in [0.3, 0.4) is 0 Å². The third-order valence-electron chi connectivity index (χ3n) is 11.9. The highest BCUT2D eigenvalue weighted by atomic mass is 16.4. The molecule has 0 aliphatic rings. The van der Waals surface area contributed by atoms with Crippen LogP contribution in [0.25, 0.3) is 128 Å². The first-order chi connectivity index (χ1) is 30.2. The molecule has 284 valence electrons. The number of hydrogen-bond acceptors (Lipinski definition) is 6. The van der Waals surface area contributed by atoms with Crippen molar-refractivity contribution in [1.29, 1.82) is 0 Å². The summed E-state index contributed by atoms with van der Waals surface area (Å²) in [5.74, 6) is 2.28. The largest absolute Gasteiger partial charge is 0.455 e. The Morgan fingerprint density at radius 3 is 1.77 bits per heavy atom. The molecule has 13 aromatic rings. The van der Waals surface area contributed by atoms with E-state index < -0.39 is 0 Å². The molecular weight excluding hydrogens is 751 g/mol. The van der Waals surface area contributed by atoms with Gasteiger partial charge in [0.2, 0.25) is 5.89 Å². The van der Waals surface area contributed by atoms with Crippen LogP contribution in [0.1, 0.15) is 0 Å². The Labute approximate surface area is 347 Å². The molecule has 0 atom stereocenters. The van der Waals surface area contributed by atoms with Gasteiger partial charge < -0.3 is 13.4 Å². The van der Waals surface area contributed by atoms with Crippen LogP contribution < -0.4 is 0 Å². The molecule has 4 aromatic heterocycles. The summed E-state index contributed by atoms with van der Waals surface area (Å²) in [5.41, 5.74) is 9.85. The zero-order valence-corrected chi connectivity index (χ0v) is 32.5. The summed E-state index contributed by atoms with van der Waals surface area (Å²) in [5, 5.41) is 8.39. The zero-order chi connectivity index (χ0) is 40.0. The maximum absolute atomic E-state index is 6.66. The van der Waals surface area contributed by atoms with Gasteiger partial charge in [-0.25, -0.2) is 19.9 Å². The molecule has 61 heavy (non-hydrogen) atoms. The van der Waals surface area contributed by atoms with E-state index in [0.29, 0.717) is 28.9 Å². The maximum Gasteiger partial charge on any atom is 0.227 e. The normalized spacial score (nSPS) is 11.9. The van der Waals surface area contributed by atoms with Crippen molar-refractivity contribution in [3.8, 4) is 51.3 Å². The molecule has 0 unspecified atom stereocenters. The van der Waals surface area contributed by atoms with Gasteiger partial charge in [0.1, 0.15) is 16.7 Å².